The number of carboxylic acid groups (broad SMARTS) is 1. The molecule has 1 saturated carbocycles. The molecule has 2 aromatic rings. The number of aliphatic hydroxyl groups is 1. The molecule has 1 aromatic carbocycles. The van der Waals surface area contributed by atoms with Crippen LogP contribution in [0.2, 0.25) is 5.02 Å². The maximum atomic E-state index is 13.9. The summed E-state index contributed by atoms with van der Waals surface area (Å²) < 4.78 is 1.51. The summed E-state index contributed by atoms with van der Waals surface area (Å²) >= 11 is 6.54. The second kappa shape index (κ2) is 8.41. The van der Waals surface area contributed by atoms with Gasteiger partial charge in [0.25, 0.3) is 5.91 Å². The number of aliphatic hydroxyl groups excluding tert-OH is 1. The van der Waals surface area contributed by atoms with Crippen LogP contribution in [-0.2, 0) is 17.6 Å². The van der Waals surface area contributed by atoms with Crippen molar-refractivity contribution in [2.75, 3.05) is 6.61 Å². The van der Waals surface area contributed by atoms with Gasteiger partial charge in [-0.1, -0.05) is 36.7 Å². The number of carbonyl (C=O) groups is 2. The normalized spacial score (nSPS) is 24.8. The Hall–Kier alpha value is -2.44. The van der Waals surface area contributed by atoms with Gasteiger partial charge in [0.05, 0.1) is 22.0 Å². The molecule has 1 fully saturated rings. The average Bonchev–Trinajstić information content (AvgIpc) is 3.59. The lowest BCUT2D eigenvalue weighted by Gasteiger charge is -2.32. The van der Waals surface area contributed by atoms with Gasteiger partial charge in [-0.15, -0.1) is 0 Å². The van der Waals surface area contributed by atoms with E-state index >= 15 is 0 Å². The summed E-state index contributed by atoms with van der Waals surface area (Å²) in [7, 11) is 0. The fraction of sp³-hybridized carbons (Fsp3) is 0.500. The number of rotatable bonds is 5. The molecule has 0 spiro atoms. The molecule has 174 valence electrons. The van der Waals surface area contributed by atoms with Gasteiger partial charge in [0.1, 0.15) is 0 Å². The highest BCUT2D eigenvalue weighted by Crippen LogP contribution is 2.44. The van der Waals surface area contributed by atoms with E-state index in [4.69, 9.17) is 16.7 Å². The Bertz CT molecular complexity index is 1160. The van der Waals surface area contributed by atoms with Crippen molar-refractivity contribution in [1.29, 1.82) is 0 Å². The number of carboxylic acids is 1. The number of carbonyl (C=O) groups excluding carboxylic acids is 2. The van der Waals surface area contributed by atoms with E-state index < -0.39 is 11.9 Å². The molecule has 1 aromatic heterocycles. The molecule has 33 heavy (non-hydrogen) atoms. The number of aromatic nitrogens is 2. The van der Waals surface area contributed by atoms with Crippen molar-refractivity contribution in [2.45, 2.75) is 64.2 Å². The maximum absolute atomic E-state index is 13.9. The average molecular weight is 468 g/mol. The summed E-state index contributed by atoms with van der Waals surface area (Å²) in [6, 6.07) is 5.62. The number of aliphatic carboxylic acids is 1. The van der Waals surface area contributed by atoms with Crippen LogP contribution in [0.15, 0.2) is 24.3 Å². The summed E-state index contributed by atoms with van der Waals surface area (Å²) in [5.41, 5.74) is 4.83. The standard InChI is InChI=1S/C26H29ClN2O4/c1-26(14-30)12-11-19-21(13-26)29(28-23(19)16-7-9-17(10-8-16)25(32)33)24(31)22-18(15-5-6-15)3-2-4-20(22)27/h2-4,7,15,17,30H,5-6,8-14H2,1H3,(H,32,33)/p-1/t17?,26-/m1/s1. The number of fused-ring (bicyclic) bond motifs is 1. The molecule has 5 rings (SSSR count). The van der Waals surface area contributed by atoms with Crippen molar-refractivity contribution in [3.8, 4) is 0 Å². The third kappa shape index (κ3) is 4.04. The quantitative estimate of drug-likeness (QED) is 0.725. The maximum Gasteiger partial charge on any atom is 0.280 e. The van der Waals surface area contributed by atoms with Crippen LogP contribution in [0.3, 0.4) is 0 Å². The summed E-state index contributed by atoms with van der Waals surface area (Å²) in [6.07, 6.45) is 7.63. The van der Waals surface area contributed by atoms with E-state index in [1.165, 1.54) is 4.68 Å². The minimum Gasteiger partial charge on any atom is -0.550 e. The Morgan fingerprint density at radius 1 is 1.27 bits per heavy atom. The van der Waals surface area contributed by atoms with Gasteiger partial charge in [-0.25, -0.2) is 0 Å². The second-order valence-electron chi connectivity index (χ2n) is 10.1. The molecule has 1 unspecified atom stereocenters. The van der Waals surface area contributed by atoms with Gasteiger partial charge in [0.15, 0.2) is 0 Å². The van der Waals surface area contributed by atoms with Crippen LogP contribution < -0.4 is 5.11 Å². The zero-order valence-electron chi connectivity index (χ0n) is 18.8. The van der Waals surface area contributed by atoms with Crippen LogP contribution in [0.5, 0.6) is 0 Å². The molecular weight excluding hydrogens is 440 g/mol. The van der Waals surface area contributed by atoms with Crippen LogP contribution in [0, 0.1) is 11.3 Å². The molecule has 0 bridgehead atoms. The Balaban J connectivity index is 1.60. The second-order valence-corrected chi connectivity index (χ2v) is 10.5. The van der Waals surface area contributed by atoms with Gasteiger partial charge in [0.2, 0.25) is 0 Å². The predicted molar refractivity (Wildman–Crippen MR) is 123 cm³/mol. The molecule has 3 aliphatic rings. The zero-order valence-corrected chi connectivity index (χ0v) is 19.5. The van der Waals surface area contributed by atoms with E-state index in [1.54, 1.807) is 6.07 Å². The van der Waals surface area contributed by atoms with E-state index in [9.17, 15) is 19.8 Å². The summed E-state index contributed by atoms with van der Waals surface area (Å²) in [5, 5.41) is 26.5. The molecule has 0 aliphatic heterocycles. The first-order chi connectivity index (χ1) is 15.8. The van der Waals surface area contributed by atoms with Crippen LogP contribution >= 0.6 is 11.6 Å². The molecule has 0 radical (unpaired) electrons. The minimum absolute atomic E-state index is 0.0382. The smallest absolute Gasteiger partial charge is 0.280 e. The van der Waals surface area contributed by atoms with Crippen molar-refractivity contribution < 1.29 is 19.8 Å². The molecule has 0 saturated heterocycles. The lowest BCUT2D eigenvalue weighted by atomic mass is 9.74. The Morgan fingerprint density at radius 3 is 2.70 bits per heavy atom. The Labute approximate surface area is 198 Å². The van der Waals surface area contributed by atoms with E-state index in [-0.39, 0.29) is 17.9 Å². The van der Waals surface area contributed by atoms with Crippen molar-refractivity contribution >= 4 is 29.1 Å². The molecular formula is C26H28ClN2O4-. The lowest BCUT2D eigenvalue weighted by molar-refractivity contribution is -0.311. The summed E-state index contributed by atoms with van der Waals surface area (Å²) in [5.74, 6) is -1.36. The monoisotopic (exact) mass is 467 g/mol. The van der Waals surface area contributed by atoms with Gasteiger partial charge in [-0.3, -0.25) is 4.79 Å². The fourth-order valence-corrected chi connectivity index (χ4v) is 5.54. The Kier molecular flexibility index (Phi) is 5.69. The number of benzene rings is 1. The van der Waals surface area contributed by atoms with E-state index in [0.717, 1.165) is 47.4 Å². The van der Waals surface area contributed by atoms with Gasteiger partial charge in [-0.05, 0) is 79.9 Å². The number of nitrogens with zero attached hydrogens (tertiary/aromatic N) is 2. The van der Waals surface area contributed by atoms with Crippen LogP contribution in [-0.4, -0.2) is 33.4 Å². The van der Waals surface area contributed by atoms with Gasteiger partial charge in [0, 0.05) is 24.1 Å². The highest BCUT2D eigenvalue weighted by atomic mass is 35.5. The first kappa shape index (κ1) is 22.4. The highest BCUT2D eigenvalue weighted by Gasteiger charge is 2.38. The largest absolute Gasteiger partial charge is 0.550 e. The summed E-state index contributed by atoms with van der Waals surface area (Å²) in [6.45, 7) is 2.07. The molecule has 1 heterocycles. The predicted octanol–water partition coefficient (Wildman–Crippen LogP) is 3.52. The molecule has 7 heteroatoms. The van der Waals surface area contributed by atoms with Gasteiger partial charge in [-0.2, -0.15) is 9.78 Å². The van der Waals surface area contributed by atoms with Crippen LogP contribution in [0.1, 0.15) is 84.2 Å². The van der Waals surface area contributed by atoms with E-state index in [1.807, 2.05) is 25.1 Å². The topological polar surface area (TPSA) is 95.2 Å². The Morgan fingerprint density at radius 2 is 2.06 bits per heavy atom. The molecule has 3 aliphatic carbocycles. The highest BCUT2D eigenvalue weighted by molar-refractivity contribution is 6.34. The van der Waals surface area contributed by atoms with Crippen LogP contribution in [0.25, 0.3) is 5.57 Å². The molecule has 0 amide bonds. The van der Waals surface area contributed by atoms with E-state index in [0.29, 0.717) is 48.6 Å². The molecule has 2 atom stereocenters. The van der Waals surface area contributed by atoms with Crippen molar-refractivity contribution in [3.05, 3.63) is 57.4 Å². The third-order valence-corrected chi connectivity index (χ3v) is 7.88. The lowest BCUT2D eigenvalue weighted by Crippen LogP contribution is -2.32. The SMILES string of the molecule is C[C@@]1(CO)CCc2c(C3=CCC(C(=O)[O-])CC3)nn(C(=O)c3c(Cl)cccc3C3CC3)c2C1. The number of allylic oxidation sites excluding steroid dienone is 2. The van der Waals surface area contributed by atoms with Crippen molar-refractivity contribution in [3.63, 3.8) is 0 Å². The molecule has 6 nitrogen and oxygen atoms in total. The number of hydrogen-bond acceptors (Lipinski definition) is 5. The van der Waals surface area contributed by atoms with Crippen molar-refractivity contribution in [1.82, 2.24) is 9.78 Å². The first-order valence-electron chi connectivity index (χ1n) is 11.8. The minimum atomic E-state index is -1.02. The fourth-order valence-electron chi connectivity index (χ4n) is 5.28. The van der Waals surface area contributed by atoms with Crippen LogP contribution in [0.4, 0.5) is 0 Å². The first-order valence-corrected chi connectivity index (χ1v) is 12.1. The van der Waals surface area contributed by atoms with Gasteiger partial charge >= 0.3 is 0 Å². The third-order valence-electron chi connectivity index (χ3n) is 7.56. The zero-order chi connectivity index (χ0) is 23.3. The summed E-state index contributed by atoms with van der Waals surface area (Å²) in [4.78, 5) is 25.1. The number of halogens is 1. The number of hydrogen-bond donors (Lipinski definition) is 1. The van der Waals surface area contributed by atoms with E-state index in [2.05, 4.69) is 0 Å². The molecule has 1 N–H and O–H groups in total. The van der Waals surface area contributed by atoms with Gasteiger partial charge < -0.3 is 15.0 Å². The van der Waals surface area contributed by atoms with Crippen molar-refractivity contribution in [2.24, 2.45) is 11.3 Å².